The van der Waals surface area contributed by atoms with Gasteiger partial charge in [0.1, 0.15) is 0 Å². The van der Waals surface area contributed by atoms with Crippen LogP contribution in [-0.4, -0.2) is 31.6 Å². The van der Waals surface area contributed by atoms with Crippen LogP contribution in [-0.2, 0) is 6.54 Å². The standard InChI is InChI=1S/C19H26N4O/c1-14-7-5-8-16(11-14)15(2)12-21-19(20-3)22-13-17-9-6-10-18(23-17)24-4/h5-11,15H,12-13H2,1-4H3,(H2,20,21,22). The summed E-state index contributed by atoms with van der Waals surface area (Å²) in [6.07, 6.45) is 0. The molecule has 0 saturated heterocycles. The van der Waals surface area contributed by atoms with Crippen molar-refractivity contribution in [2.75, 3.05) is 20.7 Å². The fourth-order valence-corrected chi connectivity index (χ4v) is 2.41. The first kappa shape index (κ1) is 17.8. The highest BCUT2D eigenvalue weighted by atomic mass is 16.5. The molecule has 24 heavy (non-hydrogen) atoms. The van der Waals surface area contributed by atoms with Gasteiger partial charge in [-0.3, -0.25) is 4.99 Å². The number of guanidine groups is 1. The van der Waals surface area contributed by atoms with Crippen LogP contribution in [0.1, 0.15) is 29.7 Å². The molecule has 5 heteroatoms. The molecule has 0 aliphatic carbocycles. The molecule has 1 unspecified atom stereocenters. The first-order valence-electron chi connectivity index (χ1n) is 8.13. The van der Waals surface area contributed by atoms with Crippen molar-refractivity contribution >= 4 is 5.96 Å². The molecule has 5 nitrogen and oxygen atoms in total. The number of aliphatic imine (C=N–C) groups is 1. The highest BCUT2D eigenvalue weighted by molar-refractivity contribution is 5.79. The number of nitrogens with zero attached hydrogens (tertiary/aromatic N) is 2. The van der Waals surface area contributed by atoms with Crippen LogP contribution in [0.2, 0.25) is 0 Å². The fraction of sp³-hybridized carbons (Fsp3) is 0.368. The van der Waals surface area contributed by atoms with Gasteiger partial charge in [-0.1, -0.05) is 42.8 Å². The Morgan fingerprint density at radius 2 is 2.00 bits per heavy atom. The molecule has 1 aromatic carbocycles. The highest BCUT2D eigenvalue weighted by Gasteiger charge is 2.07. The van der Waals surface area contributed by atoms with Crippen molar-refractivity contribution in [3.05, 3.63) is 59.3 Å². The van der Waals surface area contributed by atoms with Gasteiger partial charge in [0.25, 0.3) is 0 Å². The predicted molar refractivity (Wildman–Crippen MR) is 98.6 cm³/mol. The fourth-order valence-electron chi connectivity index (χ4n) is 2.41. The Morgan fingerprint density at radius 3 is 2.71 bits per heavy atom. The van der Waals surface area contributed by atoms with E-state index in [1.54, 1.807) is 14.2 Å². The quantitative estimate of drug-likeness (QED) is 0.633. The van der Waals surface area contributed by atoms with Gasteiger partial charge in [0, 0.05) is 19.7 Å². The van der Waals surface area contributed by atoms with Gasteiger partial charge in [0.05, 0.1) is 19.3 Å². The first-order chi connectivity index (χ1) is 11.6. The third-order valence-corrected chi connectivity index (χ3v) is 3.84. The summed E-state index contributed by atoms with van der Waals surface area (Å²) in [4.78, 5) is 8.65. The molecule has 0 spiro atoms. The smallest absolute Gasteiger partial charge is 0.213 e. The van der Waals surface area contributed by atoms with E-state index in [0.717, 1.165) is 18.2 Å². The lowest BCUT2D eigenvalue weighted by Crippen LogP contribution is -2.38. The highest BCUT2D eigenvalue weighted by Crippen LogP contribution is 2.15. The molecule has 1 aromatic heterocycles. The minimum atomic E-state index is 0.401. The maximum atomic E-state index is 5.14. The molecule has 0 fully saturated rings. The second kappa shape index (κ2) is 8.91. The molecule has 2 N–H and O–H groups in total. The lowest BCUT2D eigenvalue weighted by molar-refractivity contribution is 0.396. The van der Waals surface area contributed by atoms with Crippen molar-refractivity contribution in [3.63, 3.8) is 0 Å². The number of rotatable bonds is 6. The van der Waals surface area contributed by atoms with Crippen LogP contribution in [0, 0.1) is 6.92 Å². The van der Waals surface area contributed by atoms with Crippen molar-refractivity contribution in [2.24, 2.45) is 4.99 Å². The zero-order valence-electron chi connectivity index (χ0n) is 14.8. The van der Waals surface area contributed by atoms with E-state index < -0.39 is 0 Å². The second-order valence-electron chi connectivity index (χ2n) is 5.79. The van der Waals surface area contributed by atoms with Crippen LogP contribution in [0.15, 0.2) is 47.5 Å². The number of nitrogens with one attached hydrogen (secondary N) is 2. The summed E-state index contributed by atoms with van der Waals surface area (Å²) < 4.78 is 5.14. The van der Waals surface area contributed by atoms with Gasteiger partial charge >= 0.3 is 0 Å². The monoisotopic (exact) mass is 326 g/mol. The molecule has 0 radical (unpaired) electrons. The molecule has 0 amide bonds. The lowest BCUT2D eigenvalue weighted by atomic mass is 9.99. The summed E-state index contributed by atoms with van der Waals surface area (Å²) in [6, 6.07) is 14.3. The van der Waals surface area contributed by atoms with Crippen molar-refractivity contribution in [2.45, 2.75) is 26.3 Å². The maximum Gasteiger partial charge on any atom is 0.213 e. The number of hydrogen-bond donors (Lipinski definition) is 2. The van der Waals surface area contributed by atoms with Crippen LogP contribution >= 0.6 is 0 Å². The van der Waals surface area contributed by atoms with Crippen molar-refractivity contribution in [3.8, 4) is 5.88 Å². The van der Waals surface area contributed by atoms with Gasteiger partial charge in [-0.05, 0) is 24.5 Å². The summed E-state index contributed by atoms with van der Waals surface area (Å²) in [5.74, 6) is 1.78. The normalized spacial score (nSPS) is 12.6. The van der Waals surface area contributed by atoms with Gasteiger partial charge in [-0.25, -0.2) is 4.98 Å². The SMILES string of the molecule is CN=C(NCc1cccc(OC)n1)NCC(C)c1cccc(C)c1. The van der Waals surface area contributed by atoms with Gasteiger partial charge in [-0.15, -0.1) is 0 Å². The number of benzene rings is 1. The van der Waals surface area contributed by atoms with E-state index in [-0.39, 0.29) is 0 Å². The first-order valence-corrected chi connectivity index (χ1v) is 8.13. The Morgan fingerprint density at radius 1 is 1.21 bits per heavy atom. The summed E-state index contributed by atoms with van der Waals surface area (Å²) in [5.41, 5.74) is 3.52. The number of aryl methyl sites for hydroxylation is 1. The molecule has 0 aliphatic heterocycles. The van der Waals surface area contributed by atoms with Gasteiger partial charge in [0.2, 0.25) is 5.88 Å². The van der Waals surface area contributed by atoms with E-state index in [1.165, 1.54) is 11.1 Å². The van der Waals surface area contributed by atoms with Crippen LogP contribution in [0.4, 0.5) is 0 Å². The average molecular weight is 326 g/mol. The largest absolute Gasteiger partial charge is 0.481 e. The third-order valence-electron chi connectivity index (χ3n) is 3.84. The summed E-state index contributed by atoms with van der Waals surface area (Å²) in [7, 11) is 3.39. The average Bonchev–Trinajstić information content (AvgIpc) is 2.61. The van der Waals surface area contributed by atoms with Crippen LogP contribution in [0.25, 0.3) is 0 Å². The van der Waals surface area contributed by atoms with Gasteiger partial charge in [0.15, 0.2) is 5.96 Å². The third kappa shape index (κ3) is 5.26. The Kier molecular flexibility index (Phi) is 6.61. The van der Waals surface area contributed by atoms with Crippen molar-refractivity contribution in [1.29, 1.82) is 0 Å². The van der Waals surface area contributed by atoms with Crippen LogP contribution in [0.5, 0.6) is 5.88 Å². The molecular weight excluding hydrogens is 300 g/mol. The van der Waals surface area contributed by atoms with Crippen LogP contribution < -0.4 is 15.4 Å². The maximum absolute atomic E-state index is 5.14. The molecule has 0 bridgehead atoms. The van der Waals surface area contributed by atoms with E-state index in [1.807, 2.05) is 18.2 Å². The van der Waals surface area contributed by atoms with E-state index in [0.29, 0.717) is 18.3 Å². The molecule has 1 atom stereocenters. The Hall–Kier alpha value is -2.56. The molecule has 1 heterocycles. The molecule has 2 rings (SSSR count). The predicted octanol–water partition coefficient (Wildman–Crippen LogP) is 2.87. The van der Waals surface area contributed by atoms with E-state index in [2.05, 4.69) is 58.7 Å². The van der Waals surface area contributed by atoms with Crippen molar-refractivity contribution in [1.82, 2.24) is 15.6 Å². The number of ether oxygens (including phenoxy) is 1. The number of hydrogen-bond acceptors (Lipinski definition) is 3. The minimum absolute atomic E-state index is 0.401. The lowest BCUT2D eigenvalue weighted by Gasteiger charge is -2.16. The minimum Gasteiger partial charge on any atom is -0.481 e. The molecule has 128 valence electrons. The second-order valence-corrected chi connectivity index (χ2v) is 5.79. The molecule has 2 aromatic rings. The molecular formula is C19H26N4O. The topological polar surface area (TPSA) is 58.5 Å². The summed E-state index contributed by atoms with van der Waals surface area (Å²) in [5, 5.41) is 6.64. The number of pyridine rings is 1. The number of methoxy groups -OCH3 is 1. The zero-order valence-corrected chi connectivity index (χ0v) is 14.8. The van der Waals surface area contributed by atoms with Crippen LogP contribution in [0.3, 0.4) is 0 Å². The van der Waals surface area contributed by atoms with Gasteiger partial charge < -0.3 is 15.4 Å². The summed E-state index contributed by atoms with van der Waals surface area (Å²) >= 11 is 0. The molecule has 0 aliphatic rings. The van der Waals surface area contributed by atoms with E-state index >= 15 is 0 Å². The Balaban J connectivity index is 1.86. The zero-order chi connectivity index (χ0) is 17.4. The van der Waals surface area contributed by atoms with Crippen molar-refractivity contribution < 1.29 is 4.74 Å². The Labute approximate surface area is 144 Å². The summed E-state index contributed by atoms with van der Waals surface area (Å²) in [6.45, 7) is 5.73. The molecule has 0 saturated carbocycles. The Bertz CT molecular complexity index is 685. The van der Waals surface area contributed by atoms with E-state index in [4.69, 9.17) is 4.74 Å². The van der Waals surface area contributed by atoms with E-state index in [9.17, 15) is 0 Å². The number of aromatic nitrogens is 1. The van der Waals surface area contributed by atoms with Gasteiger partial charge in [-0.2, -0.15) is 0 Å².